The Kier molecular flexibility index (Phi) is 5.52. The summed E-state index contributed by atoms with van der Waals surface area (Å²) in [5, 5.41) is 6.67. The number of alkyl halides is 3. The van der Waals surface area contributed by atoms with Crippen LogP contribution in [-0.2, 0) is 22.9 Å². The molecule has 1 saturated carbocycles. The second-order valence-electron chi connectivity index (χ2n) is 8.21. The molecule has 0 unspecified atom stereocenters. The standard InChI is InChI=1S/C20H24F3N3O2/c1-19(2,3)16-10-18(28-25-16)24-17(27)12-26(15-8-9-15)11-13-4-6-14(7-5-13)20(21,22)23/h4-7,10,15H,8-9,11-12H2,1-3H3,(H,24,27). The highest BCUT2D eigenvalue weighted by molar-refractivity contribution is 5.91. The summed E-state index contributed by atoms with van der Waals surface area (Å²) in [4.78, 5) is 14.4. The first-order valence-electron chi connectivity index (χ1n) is 9.19. The number of aromatic nitrogens is 1. The van der Waals surface area contributed by atoms with Crippen LogP contribution in [0.1, 0.15) is 50.4 Å². The number of halogens is 3. The van der Waals surface area contributed by atoms with E-state index in [9.17, 15) is 18.0 Å². The lowest BCUT2D eigenvalue weighted by atomic mass is 9.92. The lowest BCUT2D eigenvalue weighted by molar-refractivity contribution is -0.137. The monoisotopic (exact) mass is 395 g/mol. The van der Waals surface area contributed by atoms with Crippen molar-refractivity contribution in [3.05, 3.63) is 47.2 Å². The molecule has 1 aliphatic rings. The molecule has 5 nitrogen and oxygen atoms in total. The van der Waals surface area contributed by atoms with Crippen LogP contribution in [0.4, 0.5) is 19.1 Å². The van der Waals surface area contributed by atoms with Crippen molar-refractivity contribution < 1.29 is 22.5 Å². The number of nitrogens with one attached hydrogen (secondary N) is 1. The fourth-order valence-corrected chi connectivity index (χ4v) is 2.84. The van der Waals surface area contributed by atoms with Crippen LogP contribution in [0.3, 0.4) is 0 Å². The van der Waals surface area contributed by atoms with Gasteiger partial charge in [-0.25, -0.2) is 0 Å². The highest BCUT2D eigenvalue weighted by atomic mass is 19.4. The minimum absolute atomic E-state index is 0.136. The van der Waals surface area contributed by atoms with Crippen LogP contribution in [0.2, 0.25) is 0 Å². The highest BCUT2D eigenvalue weighted by Crippen LogP contribution is 2.31. The summed E-state index contributed by atoms with van der Waals surface area (Å²) in [6.45, 7) is 6.54. The molecular weight excluding hydrogens is 371 g/mol. The first-order valence-corrected chi connectivity index (χ1v) is 9.19. The Hall–Kier alpha value is -2.35. The summed E-state index contributed by atoms with van der Waals surface area (Å²) in [5.41, 5.74) is 0.621. The van der Waals surface area contributed by atoms with Crippen molar-refractivity contribution in [2.45, 2.75) is 57.8 Å². The van der Waals surface area contributed by atoms with Crippen molar-refractivity contribution in [2.75, 3.05) is 11.9 Å². The summed E-state index contributed by atoms with van der Waals surface area (Å²) in [5.74, 6) is 0.0515. The lowest BCUT2D eigenvalue weighted by Gasteiger charge is -2.21. The third-order valence-electron chi connectivity index (χ3n) is 4.62. The molecule has 1 aliphatic carbocycles. The average molecular weight is 395 g/mol. The number of hydrogen-bond acceptors (Lipinski definition) is 4. The Labute approximate surface area is 161 Å². The summed E-state index contributed by atoms with van der Waals surface area (Å²) in [6, 6.07) is 7.04. The minimum atomic E-state index is -4.35. The molecule has 3 rings (SSSR count). The molecule has 28 heavy (non-hydrogen) atoms. The van der Waals surface area contributed by atoms with E-state index in [2.05, 4.69) is 10.5 Å². The molecule has 152 valence electrons. The second kappa shape index (κ2) is 7.58. The summed E-state index contributed by atoms with van der Waals surface area (Å²) < 4.78 is 43.3. The normalized spacial score (nSPS) is 15.1. The molecule has 0 bridgehead atoms. The molecular formula is C20H24F3N3O2. The predicted octanol–water partition coefficient (Wildman–Crippen LogP) is 4.59. The number of nitrogens with zero attached hydrogens (tertiary/aromatic N) is 2. The van der Waals surface area contributed by atoms with Crippen LogP contribution in [0.25, 0.3) is 0 Å². The van der Waals surface area contributed by atoms with Crippen molar-refractivity contribution in [1.29, 1.82) is 0 Å². The average Bonchev–Trinajstić information content (AvgIpc) is 3.32. The van der Waals surface area contributed by atoms with Gasteiger partial charge in [0.15, 0.2) is 0 Å². The van der Waals surface area contributed by atoms with Crippen molar-refractivity contribution in [1.82, 2.24) is 10.1 Å². The molecule has 1 fully saturated rings. The van der Waals surface area contributed by atoms with Gasteiger partial charge in [-0.15, -0.1) is 0 Å². The van der Waals surface area contributed by atoms with E-state index in [1.165, 1.54) is 12.1 Å². The van der Waals surface area contributed by atoms with Gasteiger partial charge in [0.05, 0.1) is 17.8 Å². The molecule has 0 atom stereocenters. The molecule has 1 aromatic heterocycles. The number of anilines is 1. The van der Waals surface area contributed by atoms with E-state index in [4.69, 9.17) is 4.52 Å². The van der Waals surface area contributed by atoms with Gasteiger partial charge in [-0.05, 0) is 30.5 Å². The first-order chi connectivity index (χ1) is 13.0. The maximum atomic E-state index is 12.7. The van der Waals surface area contributed by atoms with E-state index in [0.717, 1.165) is 36.2 Å². The summed E-state index contributed by atoms with van der Waals surface area (Å²) in [6.07, 6.45) is -2.40. The highest BCUT2D eigenvalue weighted by Gasteiger charge is 2.32. The van der Waals surface area contributed by atoms with Crippen LogP contribution in [0, 0.1) is 0 Å². The molecule has 1 N–H and O–H groups in total. The number of rotatable bonds is 6. The zero-order valence-corrected chi connectivity index (χ0v) is 16.1. The number of carbonyl (C=O) groups excluding carboxylic acids is 1. The minimum Gasteiger partial charge on any atom is -0.338 e. The molecule has 0 aliphatic heterocycles. The fourth-order valence-electron chi connectivity index (χ4n) is 2.84. The van der Waals surface area contributed by atoms with Gasteiger partial charge in [-0.2, -0.15) is 13.2 Å². The first kappa shape index (κ1) is 20.4. The Morgan fingerprint density at radius 1 is 1.21 bits per heavy atom. The van der Waals surface area contributed by atoms with E-state index < -0.39 is 11.7 Å². The number of benzene rings is 1. The van der Waals surface area contributed by atoms with Crippen LogP contribution < -0.4 is 5.32 Å². The van der Waals surface area contributed by atoms with Crippen LogP contribution >= 0.6 is 0 Å². The van der Waals surface area contributed by atoms with E-state index in [-0.39, 0.29) is 23.9 Å². The number of carbonyl (C=O) groups is 1. The van der Waals surface area contributed by atoms with Gasteiger partial charge < -0.3 is 4.52 Å². The van der Waals surface area contributed by atoms with E-state index >= 15 is 0 Å². The lowest BCUT2D eigenvalue weighted by Crippen LogP contribution is -2.34. The molecule has 0 radical (unpaired) electrons. The van der Waals surface area contributed by atoms with Gasteiger partial charge >= 0.3 is 6.18 Å². The number of amides is 1. The van der Waals surface area contributed by atoms with Gasteiger partial charge in [0.1, 0.15) is 0 Å². The molecule has 0 saturated heterocycles. The maximum Gasteiger partial charge on any atom is 0.416 e. The van der Waals surface area contributed by atoms with Gasteiger partial charge in [-0.1, -0.05) is 38.1 Å². The fraction of sp³-hybridized carbons (Fsp3) is 0.500. The van der Waals surface area contributed by atoms with E-state index in [1.807, 2.05) is 25.7 Å². The summed E-state index contributed by atoms with van der Waals surface area (Å²) >= 11 is 0. The van der Waals surface area contributed by atoms with Gasteiger partial charge in [0.25, 0.3) is 0 Å². The van der Waals surface area contributed by atoms with Crippen LogP contribution in [0.5, 0.6) is 0 Å². The predicted molar refractivity (Wildman–Crippen MR) is 98.7 cm³/mol. The second-order valence-corrected chi connectivity index (χ2v) is 8.21. The molecule has 8 heteroatoms. The third-order valence-corrected chi connectivity index (χ3v) is 4.62. The van der Waals surface area contributed by atoms with E-state index in [1.54, 1.807) is 6.07 Å². The SMILES string of the molecule is CC(C)(C)c1cc(NC(=O)CN(Cc2ccc(C(F)(F)F)cc2)C2CC2)on1. The van der Waals surface area contributed by atoms with Gasteiger partial charge in [0, 0.05) is 24.1 Å². The van der Waals surface area contributed by atoms with Crippen molar-refractivity contribution in [2.24, 2.45) is 0 Å². The zero-order chi connectivity index (χ0) is 20.5. The molecule has 2 aromatic rings. The topological polar surface area (TPSA) is 58.4 Å². The Bertz CT molecular complexity index is 818. The van der Waals surface area contributed by atoms with Gasteiger partial charge in [-0.3, -0.25) is 15.0 Å². The molecule has 1 amide bonds. The zero-order valence-electron chi connectivity index (χ0n) is 16.1. The number of hydrogen-bond donors (Lipinski definition) is 1. The Balaban J connectivity index is 1.60. The third kappa shape index (κ3) is 5.34. The molecule has 1 aromatic carbocycles. The molecule has 1 heterocycles. The smallest absolute Gasteiger partial charge is 0.338 e. The Morgan fingerprint density at radius 3 is 2.36 bits per heavy atom. The van der Waals surface area contributed by atoms with Gasteiger partial charge in [0.2, 0.25) is 11.8 Å². The van der Waals surface area contributed by atoms with E-state index in [0.29, 0.717) is 12.4 Å². The summed E-state index contributed by atoms with van der Waals surface area (Å²) in [7, 11) is 0. The van der Waals surface area contributed by atoms with Crippen LogP contribution in [-0.4, -0.2) is 28.6 Å². The maximum absolute atomic E-state index is 12.7. The van der Waals surface area contributed by atoms with Crippen LogP contribution in [0.15, 0.2) is 34.9 Å². The molecule has 0 spiro atoms. The Morgan fingerprint density at radius 2 is 1.86 bits per heavy atom. The van der Waals surface area contributed by atoms with Crippen molar-refractivity contribution in [3.8, 4) is 0 Å². The largest absolute Gasteiger partial charge is 0.416 e. The van der Waals surface area contributed by atoms with Crippen molar-refractivity contribution in [3.63, 3.8) is 0 Å². The quantitative estimate of drug-likeness (QED) is 0.777. The van der Waals surface area contributed by atoms with Crippen molar-refractivity contribution >= 4 is 11.8 Å².